The first-order chi connectivity index (χ1) is 17.0. The molecule has 2 saturated heterocycles. The molecule has 10 heteroatoms. The fourth-order valence-corrected chi connectivity index (χ4v) is 4.75. The van der Waals surface area contributed by atoms with Gasteiger partial charge in [0.15, 0.2) is 11.5 Å². The molecule has 0 atom stereocenters. The highest BCUT2D eigenvalue weighted by atomic mass is 16.4. The average Bonchev–Trinajstić information content (AvgIpc) is 3.65. The van der Waals surface area contributed by atoms with Crippen molar-refractivity contribution in [1.29, 1.82) is 5.26 Å². The van der Waals surface area contributed by atoms with Crippen molar-refractivity contribution >= 4 is 17.7 Å². The zero-order valence-electron chi connectivity index (χ0n) is 19.5. The summed E-state index contributed by atoms with van der Waals surface area (Å²) in [4.78, 5) is 33.6. The Balaban J connectivity index is 1.12. The number of hydrogen-bond acceptors (Lipinski definition) is 8. The second-order valence-corrected chi connectivity index (χ2v) is 9.01. The number of furan rings is 2. The van der Waals surface area contributed by atoms with Crippen molar-refractivity contribution in [3.05, 3.63) is 47.7 Å². The molecule has 0 radical (unpaired) electrons. The molecule has 0 unspecified atom stereocenters. The van der Waals surface area contributed by atoms with Crippen LogP contribution < -0.4 is 10.2 Å². The summed E-state index contributed by atoms with van der Waals surface area (Å²) in [5.74, 6) is 2.06. The standard InChI is InChI=1S/C25H27N5O5/c1-16-4-5-20(34-16)22(31)27-18-8-12-29(13-9-18)24(32)17-6-10-30(11-7-17)25-19(15-26)28-23(35-25)21-3-2-14-33-21/h2-5,14,17-18H,6-13H2,1H3,(H,27,31). The third-order valence-corrected chi connectivity index (χ3v) is 6.68. The lowest BCUT2D eigenvalue weighted by Crippen LogP contribution is -2.49. The van der Waals surface area contributed by atoms with Crippen LogP contribution in [0.25, 0.3) is 11.7 Å². The van der Waals surface area contributed by atoms with Gasteiger partial charge in [-0.15, -0.1) is 0 Å². The number of nitrogens with zero attached hydrogens (tertiary/aromatic N) is 4. The molecule has 2 fully saturated rings. The summed E-state index contributed by atoms with van der Waals surface area (Å²) in [7, 11) is 0. The molecule has 2 aliphatic rings. The monoisotopic (exact) mass is 477 g/mol. The molecule has 0 aliphatic carbocycles. The van der Waals surface area contributed by atoms with Gasteiger partial charge < -0.3 is 28.4 Å². The smallest absolute Gasteiger partial charge is 0.287 e. The molecule has 3 aromatic rings. The Morgan fingerprint density at radius 2 is 1.86 bits per heavy atom. The number of aromatic nitrogens is 1. The molecule has 35 heavy (non-hydrogen) atoms. The first-order valence-electron chi connectivity index (χ1n) is 11.9. The molecule has 0 bridgehead atoms. The summed E-state index contributed by atoms with van der Waals surface area (Å²) in [5.41, 5.74) is 0.218. The van der Waals surface area contributed by atoms with E-state index in [-0.39, 0.29) is 35.4 Å². The van der Waals surface area contributed by atoms with E-state index in [2.05, 4.69) is 16.4 Å². The molecule has 2 aliphatic heterocycles. The molecule has 0 saturated carbocycles. The first-order valence-corrected chi connectivity index (χ1v) is 11.9. The van der Waals surface area contributed by atoms with Gasteiger partial charge in [0.1, 0.15) is 11.8 Å². The Labute approximate surface area is 202 Å². The lowest BCUT2D eigenvalue weighted by molar-refractivity contribution is -0.137. The minimum Gasteiger partial charge on any atom is -0.459 e. The average molecular weight is 478 g/mol. The number of carbonyl (C=O) groups is 2. The largest absolute Gasteiger partial charge is 0.459 e. The lowest BCUT2D eigenvalue weighted by atomic mass is 9.93. The maximum absolute atomic E-state index is 13.1. The lowest BCUT2D eigenvalue weighted by Gasteiger charge is -2.37. The number of aryl methyl sites for hydroxylation is 1. The van der Waals surface area contributed by atoms with Crippen molar-refractivity contribution in [2.75, 3.05) is 31.1 Å². The number of nitriles is 1. The van der Waals surface area contributed by atoms with E-state index in [9.17, 15) is 14.9 Å². The molecule has 0 spiro atoms. The highest BCUT2D eigenvalue weighted by Gasteiger charge is 2.33. The Hall–Kier alpha value is -4.00. The van der Waals surface area contributed by atoms with E-state index < -0.39 is 0 Å². The van der Waals surface area contributed by atoms with Crippen LogP contribution in [0.15, 0.2) is 43.8 Å². The van der Waals surface area contributed by atoms with Gasteiger partial charge in [-0.2, -0.15) is 10.2 Å². The van der Waals surface area contributed by atoms with Gasteiger partial charge in [-0.05, 0) is 56.9 Å². The van der Waals surface area contributed by atoms with Crippen LogP contribution in [0, 0.1) is 24.2 Å². The summed E-state index contributed by atoms with van der Waals surface area (Å²) in [6, 6.07) is 9.02. The van der Waals surface area contributed by atoms with Gasteiger partial charge in [0, 0.05) is 38.1 Å². The summed E-state index contributed by atoms with van der Waals surface area (Å²) in [5, 5.41) is 12.5. The molecule has 10 nitrogen and oxygen atoms in total. The number of likely N-dealkylation sites (tertiary alicyclic amines) is 1. The Kier molecular flexibility index (Phi) is 6.31. The molecule has 0 aromatic carbocycles. The van der Waals surface area contributed by atoms with Gasteiger partial charge in [0.2, 0.25) is 17.5 Å². The fourth-order valence-electron chi connectivity index (χ4n) is 4.75. The Bertz CT molecular complexity index is 1220. The summed E-state index contributed by atoms with van der Waals surface area (Å²) in [6.45, 7) is 4.25. The quantitative estimate of drug-likeness (QED) is 0.592. The van der Waals surface area contributed by atoms with Crippen LogP contribution in [-0.4, -0.2) is 53.9 Å². The van der Waals surface area contributed by atoms with E-state index in [1.54, 1.807) is 31.2 Å². The summed E-state index contributed by atoms with van der Waals surface area (Å²) < 4.78 is 16.6. The molecule has 3 aromatic heterocycles. The normalized spacial score (nSPS) is 17.4. The number of hydrogen-bond donors (Lipinski definition) is 1. The van der Waals surface area contributed by atoms with Crippen LogP contribution >= 0.6 is 0 Å². The zero-order valence-corrected chi connectivity index (χ0v) is 19.5. The highest BCUT2D eigenvalue weighted by molar-refractivity contribution is 5.91. The van der Waals surface area contributed by atoms with E-state index in [0.717, 1.165) is 12.8 Å². The minimum atomic E-state index is -0.213. The van der Waals surface area contributed by atoms with Crippen molar-refractivity contribution in [2.24, 2.45) is 5.92 Å². The van der Waals surface area contributed by atoms with Crippen LogP contribution in [0.2, 0.25) is 0 Å². The topological polar surface area (TPSA) is 129 Å². The van der Waals surface area contributed by atoms with Gasteiger partial charge in [-0.3, -0.25) is 9.59 Å². The van der Waals surface area contributed by atoms with Crippen LogP contribution in [-0.2, 0) is 4.79 Å². The fraction of sp³-hybridized carbons (Fsp3) is 0.440. The van der Waals surface area contributed by atoms with Gasteiger partial charge >= 0.3 is 0 Å². The maximum atomic E-state index is 13.1. The van der Waals surface area contributed by atoms with Gasteiger partial charge in [-0.25, -0.2) is 0 Å². The molecule has 2 amide bonds. The number of oxazole rings is 1. The second kappa shape index (κ2) is 9.70. The number of amides is 2. The SMILES string of the molecule is Cc1ccc(C(=O)NC2CCN(C(=O)C3CCN(c4oc(-c5ccco5)nc4C#N)CC3)CC2)o1. The minimum absolute atomic E-state index is 0.0259. The molecule has 5 rings (SSSR count). The van der Waals surface area contributed by atoms with Gasteiger partial charge in [0.25, 0.3) is 11.8 Å². The maximum Gasteiger partial charge on any atom is 0.287 e. The van der Waals surface area contributed by atoms with E-state index in [1.165, 1.54) is 6.26 Å². The summed E-state index contributed by atoms with van der Waals surface area (Å²) in [6.07, 6.45) is 4.31. The van der Waals surface area contributed by atoms with E-state index in [0.29, 0.717) is 62.2 Å². The van der Waals surface area contributed by atoms with E-state index >= 15 is 0 Å². The molecule has 182 valence electrons. The van der Waals surface area contributed by atoms with E-state index in [1.807, 2.05) is 9.80 Å². The molecular formula is C25H27N5O5. The Morgan fingerprint density at radius 3 is 2.49 bits per heavy atom. The van der Waals surface area contributed by atoms with Crippen LogP contribution in [0.1, 0.15) is 47.7 Å². The number of nitrogens with one attached hydrogen (secondary N) is 1. The number of rotatable bonds is 5. The first kappa shape index (κ1) is 22.8. The predicted molar refractivity (Wildman–Crippen MR) is 124 cm³/mol. The van der Waals surface area contributed by atoms with E-state index in [4.69, 9.17) is 13.3 Å². The number of anilines is 1. The van der Waals surface area contributed by atoms with Crippen molar-refractivity contribution in [3.63, 3.8) is 0 Å². The molecular weight excluding hydrogens is 450 g/mol. The zero-order chi connectivity index (χ0) is 24.4. The highest BCUT2D eigenvalue weighted by Crippen LogP contribution is 2.32. The van der Waals surface area contributed by atoms with Crippen LogP contribution in [0.5, 0.6) is 0 Å². The van der Waals surface area contributed by atoms with Crippen LogP contribution in [0.3, 0.4) is 0 Å². The third-order valence-electron chi connectivity index (χ3n) is 6.68. The van der Waals surface area contributed by atoms with Crippen molar-refractivity contribution in [2.45, 2.75) is 38.6 Å². The molecule has 5 heterocycles. The second-order valence-electron chi connectivity index (χ2n) is 9.01. The third kappa shape index (κ3) is 4.80. The predicted octanol–water partition coefficient (Wildman–Crippen LogP) is 3.35. The Morgan fingerprint density at radius 1 is 1.09 bits per heavy atom. The number of piperidine rings is 2. The van der Waals surface area contributed by atoms with Crippen molar-refractivity contribution in [1.82, 2.24) is 15.2 Å². The number of carbonyl (C=O) groups excluding carboxylic acids is 2. The van der Waals surface area contributed by atoms with Gasteiger partial charge in [0.05, 0.1) is 6.26 Å². The van der Waals surface area contributed by atoms with Crippen LogP contribution in [0.4, 0.5) is 5.88 Å². The summed E-state index contributed by atoms with van der Waals surface area (Å²) >= 11 is 0. The van der Waals surface area contributed by atoms with Gasteiger partial charge in [-0.1, -0.05) is 0 Å². The molecule has 1 N–H and O–H groups in total. The van der Waals surface area contributed by atoms with Crippen molar-refractivity contribution in [3.8, 4) is 17.7 Å². The van der Waals surface area contributed by atoms with Crippen molar-refractivity contribution < 1.29 is 22.8 Å².